The zero-order valence-electron chi connectivity index (χ0n) is 17.9. The predicted octanol–water partition coefficient (Wildman–Crippen LogP) is 3.18. The SMILES string of the molecule is Nc1cc(C(F)F)c(-c2nc(ON3CCCCCOC3)nc(N3O/C=C\CCCO3)n2)cn1. The first-order valence-corrected chi connectivity index (χ1v) is 10.7. The number of nitrogens with two attached hydrogens (primary N) is 1. The van der Waals surface area contributed by atoms with Crippen molar-refractivity contribution in [3.8, 4) is 17.4 Å². The highest BCUT2D eigenvalue weighted by molar-refractivity contribution is 5.62. The number of halogens is 2. The van der Waals surface area contributed by atoms with E-state index in [1.165, 1.54) is 12.5 Å². The van der Waals surface area contributed by atoms with Crippen molar-refractivity contribution in [2.75, 3.05) is 37.4 Å². The van der Waals surface area contributed by atoms with E-state index in [0.29, 0.717) is 19.8 Å². The number of pyridine rings is 1. The second-order valence-electron chi connectivity index (χ2n) is 7.34. The molecule has 178 valence electrons. The van der Waals surface area contributed by atoms with Crippen LogP contribution in [0, 0.1) is 0 Å². The van der Waals surface area contributed by atoms with Crippen LogP contribution in [-0.4, -0.2) is 51.5 Å². The molecular formula is C20H25F2N7O4. The molecule has 2 aliphatic rings. The van der Waals surface area contributed by atoms with Crippen molar-refractivity contribution in [2.45, 2.75) is 38.5 Å². The Morgan fingerprint density at radius 1 is 1.09 bits per heavy atom. The third kappa shape index (κ3) is 6.21. The maximum absolute atomic E-state index is 13.7. The van der Waals surface area contributed by atoms with Gasteiger partial charge in [-0.15, -0.1) is 5.06 Å². The van der Waals surface area contributed by atoms with E-state index in [4.69, 9.17) is 25.0 Å². The lowest BCUT2D eigenvalue weighted by molar-refractivity contribution is -0.147. The van der Waals surface area contributed by atoms with Gasteiger partial charge in [-0.3, -0.25) is 0 Å². The molecule has 2 aromatic heterocycles. The van der Waals surface area contributed by atoms with E-state index in [2.05, 4.69) is 19.9 Å². The van der Waals surface area contributed by atoms with Gasteiger partial charge in [-0.05, 0) is 49.5 Å². The summed E-state index contributed by atoms with van der Waals surface area (Å²) in [7, 11) is 0. The Bertz CT molecular complexity index is 958. The van der Waals surface area contributed by atoms with Gasteiger partial charge in [0.05, 0.1) is 6.61 Å². The van der Waals surface area contributed by atoms with Crippen LogP contribution < -0.4 is 15.8 Å². The lowest BCUT2D eigenvalue weighted by Crippen LogP contribution is -2.34. The number of ether oxygens (including phenoxy) is 1. The van der Waals surface area contributed by atoms with E-state index in [0.717, 1.165) is 43.4 Å². The second-order valence-corrected chi connectivity index (χ2v) is 7.34. The third-order valence-electron chi connectivity index (χ3n) is 4.82. The first kappa shape index (κ1) is 23.0. The van der Waals surface area contributed by atoms with E-state index >= 15 is 0 Å². The summed E-state index contributed by atoms with van der Waals surface area (Å²) in [5.41, 5.74) is 5.22. The van der Waals surface area contributed by atoms with E-state index < -0.39 is 6.43 Å². The highest BCUT2D eigenvalue weighted by atomic mass is 19.3. The molecule has 13 heteroatoms. The third-order valence-corrected chi connectivity index (χ3v) is 4.82. The monoisotopic (exact) mass is 465 g/mol. The molecule has 11 nitrogen and oxygen atoms in total. The Morgan fingerprint density at radius 2 is 2.00 bits per heavy atom. The zero-order valence-corrected chi connectivity index (χ0v) is 17.9. The van der Waals surface area contributed by atoms with Gasteiger partial charge in [-0.1, -0.05) is 0 Å². The molecule has 0 amide bonds. The Hall–Kier alpha value is -3.16. The highest BCUT2D eigenvalue weighted by Gasteiger charge is 2.24. The van der Waals surface area contributed by atoms with Gasteiger partial charge in [0.2, 0.25) is 0 Å². The maximum Gasteiger partial charge on any atom is 0.341 e. The quantitative estimate of drug-likeness (QED) is 0.701. The smallest absolute Gasteiger partial charge is 0.341 e. The Labute approximate surface area is 189 Å². The number of rotatable bonds is 5. The van der Waals surface area contributed by atoms with Crippen LogP contribution in [0.3, 0.4) is 0 Å². The van der Waals surface area contributed by atoms with Gasteiger partial charge in [0, 0.05) is 30.5 Å². The summed E-state index contributed by atoms with van der Waals surface area (Å²) in [5.74, 6) is -0.214. The van der Waals surface area contributed by atoms with Crippen molar-refractivity contribution in [1.82, 2.24) is 25.0 Å². The molecule has 2 N–H and O–H groups in total. The highest BCUT2D eigenvalue weighted by Crippen LogP contribution is 2.31. The Kier molecular flexibility index (Phi) is 7.75. The molecule has 4 heterocycles. The van der Waals surface area contributed by atoms with Gasteiger partial charge in [0.1, 0.15) is 18.8 Å². The molecule has 4 rings (SSSR count). The maximum atomic E-state index is 13.7. The van der Waals surface area contributed by atoms with E-state index in [1.54, 1.807) is 5.06 Å². The van der Waals surface area contributed by atoms with Gasteiger partial charge in [-0.2, -0.15) is 15.0 Å². The van der Waals surface area contributed by atoms with Crippen LogP contribution in [-0.2, 0) is 14.4 Å². The van der Waals surface area contributed by atoms with E-state index in [1.807, 2.05) is 6.08 Å². The molecule has 2 aromatic rings. The summed E-state index contributed by atoms with van der Waals surface area (Å²) < 4.78 is 33.0. The molecule has 0 aromatic carbocycles. The van der Waals surface area contributed by atoms with Crippen LogP contribution in [0.2, 0.25) is 0 Å². The number of nitrogen functional groups attached to an aromatic ring is 1. The summed E-state index contributed by atoms with van der Waals surface area (Å²) in [5, 5.41) is 2.55. The number of anilines is 2. The minimum atomic E-state index is -2.82. The number of nitrogens with zero attached hydrogens (tertiary/aromatic N) is 6. The van der Waals surface area contributed by atoms with Gasteiger partial charge < -0.3 is 20.1 Å². The zero-order chi connectivity index (χ0) is 23.0. The molecule has 0 spiro atoms. The van der Waals surface area contributed by atoms with Gasteiger partial charge in [0.25, 0.3) is 12.4 Å². The topological polar surface area (TPSA) is 121 Å². The standard InChI is InChI=1S/C20H25F2N7O4/c21-17(22)14-11-16(23)24-12-15(14)18-25-19(29-31-9-5-2-6-10-32-29)27-20(26-18)33-28-7-3-1-4-8-30-13-28/h5,9,11-12,17H,1-4,6-8,10,13H2,(H2,23,24)/b9-5-. The molecule has 0 atom stereocenters. The average Bonchev–Trinajstić information content (AvgIpc) is 2.75. The fourth-order valence-electron chi connectivity index (χ4n) is 3.18. The summed E-state index contributed by atoms with van der Waals surface area (Å²) in [6.07, 6.45) is 6.03. The van der Waals surface area contributed by atoms with Crippen LogP contribution in [0.5, 0.6) is 6.01 Å². The summed E-state index contributed by atoms with van der Waals surface area (Å²) >= 11 is 0. The summed E-state index contributed by atoms with van der Waals surface area (Å²) in [4.78, 5) is 33.5. The minimum Gasteiger partial charge on any atom is -0.384 e. The van der Waals surface area contributed by atoms with Gasteiger partial charge in [-0.25, -0.2) is 18.6 Å². The van der Waals surface area contributed by atoms with Gasteiger partial charge >= 0.3 is 6.01 Å². The Balaban J connectivity index is 1.71. The Morgan fingerprint density at radius 3 is 2.88 bits per heavy atom. The first-order chi connectivity index (χ1) is 16.1. The second kappa shape index (κ2) is 11.1. The van der Waals surface area contributed by atoms with Crippen molar-refractivity contribution in [2.24, 2.45) is 0 Å². The molecule has 2 aliphatic heterocycles. The largest absolute Gasteiger partial charge is 0.384 e. The molecular weight excluding hydrogens is 440 g/mol. The van der Waals surface area contributed by atoms with Crippen LogP contribution in [0.1, 0.15) is 44.1 Å². The van der Waals surface area contributed by atoms with E-state index in [-0.39, 0.29) is 41.5 Å². The molecule has 0 unspecified atom stereocenters. The number of hydrogen-bond donors (Lipinski definition) is 1. The van der Waals surface area contributed by atoms with Crippen molar-refractivity contribution < 1.29 is 28.0 Å². The van der Waals surface area contributed by atoms with Crippen molar-refractivity contribution in [3.63, 3.8) is 0 Å². The number of hydroxylamine groups is 2. The fraction of sp³-hybridized carbons (Fsp3) is 0.500. The first-order valence-electron chi connectivity index (χ1n) is 10.7. The predicted molar refractivity (Wildman–Crippen MR) is 112 cm³/mol. The molecule has 0 radical (unpaired) electrons. The van der Waals surface area contributed by atoms with Crippen LogP contribution in [0.25, 0.3) is 11.4 Å². The fourth-order valence-corrected chi connectivity index (χ4v) is 3.18. The number of hydrogen-bond acceptors (Lipinski definition) is 11. The lowest BCUT2D eigenvalue weighted by atomic mass is 10.1. The summed E-state index contributed by atoms with van der Waals surface area (Å²) in [6, 6.07) is 0.955. The van der Waals surface area contributed by atoms with Crippen molar-refractivity contribution in [3.05, 3.63) is 30.2 Å². The molecule has 1 saturated heterocycles. The molecule has 0 saturated carbocycles. The number of aromatic nitrogens is 4. The number of alkyl halides is 2. The minimum absolute atomic E-state index is 0.0146. The molecule has 1 fully saturated rings. The average molecular weight is 465 g/mol. The van der Waals surface area contributed by atoms with Crippen molar-refractivity contribution in [1.29, 1.82) is 0 Å². The lowest BCUT2D eigenvalue weighted by Gasteiger charge is -2.24. The molecule has 0 aliphatic carbocycles. The van der Waals surface area contributed by atoms with Crippen LogP contribution >= 0.6 is 0 Å². The number of allylic oxidation sites excluding steroid dienone is 1. The van der Waals surface area contributed by atoms with Gasteiger partial charge in [0.15, 0.2) is 5.82 Å². The van der Waals surface area contributed by atoms with Crippen LogP contribution in [0.4, 0.5) is 20.5 Å². The van der Waals surface area contributed by atoms with Crippen LogP contribution in [0.15, 0.2) is 24.6 Å². The summed E-state index contributed by atoms with van der Waals surface area (Å²) in [6.45, 7) is 1.75. The molecule has 33 heavy (non-hydrogen) atoms. The normalized spacial score (nSPS) is 19.2. The molecule has 0 bridgehead atoms. The van der Waals surface area contributed by atoms with E-state index in [9.17, 15) is 8.78 Å². The van der Waals surface area contributed by atoms with Crippen molar-refractivity contribution >= 4 is 11.8 Å².